The van der Waals surface area contributed by atoms with Crippen LogP contribution in [0.4, 0.5) is 0 Å². The normalized spacial score (nSPS) is 12.9. The summed E-state index contributed by atoms with van der Waals surface area (Å²) in [5.41, 5.74) is 0. The van der Waals surface area contributed by atoms with Crippen molar-refractivity contribution in [2.24, 2.45) is 0 Å². The Kier molecular flexibility index (Phi) is 12.5. The molecule has 0 radical (unpaired) electrons. The van der Waals surface area contributed by atoms with E-state index in [-0.39, 0.29) is 26.4 Å². The van der Waals surface area contributed by atoms with Crippen LogP contribution in [0.2, 0.25) is 0 Å². The van der Waals surface area contributed by atoms with E-state index in [1.165, 1.54) is 0 Å². The number of aliphatic hydroxyl groups excluding tert-OH is 2. The van der Waals surface area contributed by atoms with Crippen molar-refractivity contribution < 1.29 is 33.9 Å². The molecule has 0 aliphatic heterocycles. The predicted molar refractivity (Wildman–Crippen MR) is 145 cm³/mol. The quantitative estimate of drug-likeness (QED) is 0.210. The first-order chi connectivity index (χ1) is 18.1. The van der Waals surface area contributed by atoms with E-state index in [4.69, 9.17) is 23.7 Å². The number of fused-ring (bicyclic) bond motifs is 1. The van der Waals surface area contributed by atoms with Crippen LogP contribution < -0.4 is 14.2 Å². The van der Waals surface area contributed by atoms with Gasteiger partial charge in [0.15, 0.2) is 11.5 Å². The molecule has 0 aliphatic carbocycles. The van der Waals surface area contributed by atoms with Gasteiger partial charge in [0, 0.05) is 30.1 Å². The van der Waals surface area contributed by atoms with Crippen LogP contribution in [0, 0.1) is 0 Å². The Morgan fingerprint density at radius 1 is 0.649 bits per heavy atom. The van der Waals surface area contributed by atoms with Crippen molar-refractivity contribution in [1.29, 1.82) is 0 Å². The zero-order chi connectivity index (χ0) is 26.3. The van der Waals surface area contributed by atoms with Crippen molar-refractivity contribution in [3.05, 3.63) is 60.7 Å². The van der Waals surface area contributed by atoms with Crippen molar-refractivity contribution in [1.82, 2.24) is 0 Å². The van der Waals surface area contributed by atoms with Crippen molar-refractivity contribution in [3.63, 3.8) is 0 Å². The minimum Gasteiger partial charge on any atom is -0.490 e. The third-order valence-electron chi connectivity index (χ3n) is 5.65. The standard InChI is InChI=1S/C30H40O7/c1-3-5-16-33-19-23(31)21-35-28-18-29(37-25-12-8-7-9-13-25)30(27-15-11-10-14-26(27)28)36-22-24(32)20-34-17-6-4-2/h7-15,18,23-24,31-32H,3-6,16-17,19-22H2,1-2H3. The SMILES string of the molecule is CCCCOCC(O)COc1cc(Oc2ccccc2)c(OCC(O)COCCCC)c2ccccc12. The van der Waals surface area contributed by atoms with Crippen LogP contribution in [-0.2, 0) is 9.47 Å². The molecule has 0 saturated heterocycles. The molecule has 2 N–H and O–H groups in total. The van der Waals surface area contributed by atoms with Gasteiger partial charge in [0.25, 0.3) is 0 Å². The van der Waals surface area contributed by atoms with Crippen molar-refractivity contribution in [2.45, 2.75) is 51.7 Å². The lowest BCUT2D eigenvalue weighted by atomic mass is 10.1. The molecular formula is C30H40O7. The van der Waals surface area contributed by atoms with Crippen LogP contribution in [-0.4, -0.2) is 62.1 Å². The largest absolute Gasteiger partial charge is 0.490 e. The number of hydrogen-bond acceptors (Lipinski definition) is 7. The highest BCUT2D eigenvalue weighted by Gasteiger charge is 2.19. The molecule has 7 nitrogen and oxygen atoms in total. The van der Waals surface area contributed by atoms with E-state index >= 15 is 0 Å². The third-order valence-corrected chi connectivity index (χ3v) is 5.65. The second-order valence-electron chi connectivity index (χ2n) is 8.95. The lowest BCUT2D eigenvalue weighted by molar-refractivity contribution is 0.0107. The number of para-hydroxylation sites is 1. The second kappa shape index (κ2) is 16.1. The summed E-state index contributed by atoms with van der Waals surface area (Å²) in [5.74, 6) is 2.15. The van der Waals surface area contributed by atoms with Crippen LogP contribution in [0.5, 0.6) is 23.0 Å². The molecule has 0 bridgehead atoms. The average Bonchev–Trinajstić information content (AvgIpc) is 2.92. The number of ether oxygens (including phenoxy) is 5. The number of benzene rings is 3. The highest BCUT2D eigenvalue weighted by atomic mass is 16.5. The van der Waals surface area contributed by atoms with E-state index in [0.717, 1.165) is 36.5 Å². The summed E-state index contributed by atoms with van der Waals surface area (Å²) in [7, 11) is 0. The maximum atomic E-state index is 10.4. The molecule has 3 rings (SSSR count). The molecule has 7 heteroatoms. The molecule has 3 aromatic rings. The molecule has 0 amide bonds. The number of unbranched alkanes of at least 4 members (excludes halogenated alkanes) is 2. The van der Waals surface area contributed by atoms with Crippen molar-refractivity contribution in [2.75, 3.05) is 39.6 Å². The Bertz CT molecular complexity index is 1040. The summed E-state index contributed by atoms with van der Waals surface area (Å²) in [6.07, 6.45) is 2.45. The van der Waals surface area contributed by atoms with Gasteiger partial charge >= 0.3 is 0 Å². The molecule has 2 unspecified atom stereocenters. The van der Waals surface area contributed by atoms with E-state index in [2.05, 4.69) is 13.8 Å². The fraction of sp³-hybridized carbons (Fsp3) is 0.467. The Balaban J connectivity index is 1.81. The van der Waals surface area contributed by atoms with Gasteiger partial charge in [-0.15, -0.1) is 0 Å². The van der Waals surface area contributed by atoms with E-state index in [0.29, 0.717) is 36.2 Å². The highest BCUT2D eigenvalue weighted by Crippen LogP contribution is 2.43. The molecule has 37 heavy (non-hydrogen) atoms. The summed E-state index contributed by atoms with van der Waals surface area (Å²) < 4.78 is 29.4. The zero-order valence-corrected chi connectivity index (χ0v) is 21.9. The maximum absolute atomic E-state index is 10.4. The van der Waals surface area contributed by atoms with E-state index in [1.807, 2.05) is 54.6 Å². The Morgan fingerprint density at radius 3 is 1.84 bits per heavy atom. The fourth-order valence-electron chi connectivity index (χ4n) is 3.64. The van der Waals surface area contributed by atoms with Gasteiger partial charge in [-0.1, -0.05) is 69.2 Å². The smallest absolute Gasteiger partial charge is 0.173 e. The number of aliphatic hydroxyl groups is 2. The predicted octanol–water partition coefficient (Wildman–Crippen LogP) is 5.74. The van der Waals surface area contributed by atoms with Gasteiger partial charge in [-0.25, -0.2) is 0 Å². The van der Waals surface area contributed by atoms with Gasteiger partial charge in [-0.05, 0) is 25.0 Å². The van der Waals surface area contributed by atoms with Crippen molar-refractivity contribution in [3.8, 4) is 23.0 Å². The van der Waals surface area contributed by atoms with E-state index in [9.17, 15) is 10.2 Å². The Labute approximate surface area is 219 Å². The molecule has 0 spiro atoms. The van der Waals surface area contributed by atoms with E-state index < -0.39 is 12.2 Å². The molecule has 0 heterocycles. The minimum absolute atomic E-state index is 0.0509. The molecule has 0 fully saturated rings. The van der Waals surface area contributed by atoms with Gasteiger partial charge in [0.1, 0.15) is 36.9 Å². The van der Waals surface area contributed by atoms with Gasteiger partial charge in [0.2, 0.25) is 0 Å². The van der Waals surface area contributed by atoms with E-state index in [1.54, 1.807) is 6.07 Å². The van der Waals surface area contributed by atoms with Crippen molar-refractivity contribution >= 4 is 10.8 Å². The van der Waals surface area contributed by atoms with Crippen LogP contribution in [0.15, 0.2) is 60.7 Å². The summed E-state index contributed by atoms with van der Waals surface area (Å²) >= 11 is 0. The monoisotopic (exact) mass is 512 g/mol. The lowest BCUT2D eigenvalue weighted by Gasteiger charge is -2.20. The molecule has 0 saturated carbocycles. The summed E-state index contributed by atoms with van der Waals surface area (Å²) in [4.78, 5) is 0. The zero-order valence-electron chi connectivity index (χ0n) is 21.9. The molecule has 3 aromatic carbocycles. The fourth-order valence-corrected chi connectivity index (χ4v) is 3.64. The average molecular weight is 513 g/mol. The van der Waals surface area contributed by atoms with Crippen LogP contribution >= 0.6 is 0 Å². The first kappa shape index (κ1) is 28.7. The summed E-state index contributed by atoms with van der Waals surface area (Å²) in [6, 6.07) is 18.8. The summed E-state index contributed by atoms with van der Waals surface area (Å²) in [5, 5.41) is 22.3. The highest BCUT2D eigenvalue weighted by molar-refractivity contribution is 5.95. The maximum Gasteiger partial charge on any atom is 0.173 e. The van der Waals surface area contributed by atoms with Gasteiger partial charge < -0.3 is 33.9 Å². The molecule has 2 atom stereocenters. The molecule has 0 aliphatic rings. The Morgan fingerprint density at radius 2 is 1.22 bits per heavy atom. The lowest BCUT2D eigenvalue weighted by Crippen LogP contribution is -2.24. The first-order valence-electron chi connectivity index (χ1n) is 13.2. The third kappa shape index (κ3) is 9.52. The van der Waals surface area contributed by atoms with Crippen LogP contribution in [0.25, 0.3) is 10.8 Å². The van der Waals surface area contributed by atoms with Gasteiger partial charge in [-0.3, -0.25) is 0 Å². The minimum atomic E-state index is -0.779. The first-order valence-corrected chi connectivity index (χ1v) is 13.2. The second-order valence-corrected chi connectivity index (χ2v) is 8.95. The van der Waals surface area contributed by atoms with Gasteiger partial charge in [-0.2, -0.15) is 0 Å². The number of hydrogen-bond donors (Lipinski definition) is 2. The molecule has 202 valence electrons. The molecule has 0 aromatic heterocycles. The summed E-state index contributed by atoms with van der Waals surface area (Å²) in [6.45, 7) is 5.96. The van der Waals surface area contributed by atoms with Crippen LogP contribution in [0.3, 0.4) is 0 Å². The van der Waals surface area contributed by atoms with Gasteiger partial charge in [0.05, 0.1) is 13.2 Å². The van der Waals surface area contributed by atoms with Crippen LogP contribution in [0.1, 0.15) is 39.5 Å². The topological polar surface area (TPSA) is 86.6 Å². The number of rotatable bonds is 18. The Hall–Kier alpha value is -2.84. The molecular weight excluding hydrogens is 472 g/mol.